The average molecular weight is 237 g/mol. The molecule has 1 N–H and O–H groups in total. The van der Waals surface area contributed by atoms with Crippen molar-refractivity contribution < 1.29 is 4.52 Å². The Morgan fingerprint density at radius 2 is 2.06 bits per heavy atom. The number of nitrogens with one attached hydrogen (secondary N) is 1. The van der Waals surface area contributed by atoms with Crippen LogP contribution < -0.4 is 5.32 Å². The summed E-state index contributed by atoms with van der Waals surface area (Å²) in [6.07, 6.45) is 5.50. The summed E-state index contributed by atoms with van der Waals surface area (Å²) in [5.41, 5.74) is 0. The molecule has 4 nitrogen and oxygen atoms in total. The average Bonchev–Trinajstić information content (AvgIpc) is 2.90. The van der Waals surface area contributed by atoms with Crippen molar-refractivity contribution in [3.8, 4) is 0 Å². The summed E-state index contributed by atoms with van der Waals surface area (Å²) in [5, 5.41) is 7.47. The fourth-order valence-electron chi connectivity index (χ4n) is 2.56. The van der Waals surface area contributed by atoms with Gasteiger partial charge in [0, 0.05) is 0 Å². The maximum Gasteiger partial charge on any atom is 0.244 e. The van der Waals surface area contributed by atoms with Crippen molar-refractivity contribution in [3.63, 3.8) is 0 Å². The lowest BCUT2D eigenvalue weighted by atomic mass is 10.0. The molecule has 0 unspecified atom stereocenters. The van der Waals surface area contributed by atoms with Gasteiger partial charge in [-0.25, -0.2) is 0 Å². The van der Waals surface area contributed by atoms with Gasteiger partial charge in [-0.05, 0) is 38.1 Å². The zero-order valence-corrected chi connectivity index (χ0v) is 11.1. The lowest BCUT2D eigenvalue weighted by molar-refractivity contribution is 0.277. The summed E-state index contributed by atoms with van der Waals surface area (Å²) in [7, 11) is 0. The van der Waals surface area contributed by atoms with Crippen LogP contribution in [0.5, 0.6) is 0 Å². The quantitative estimate of drug-likeness (QED) is 0.855. The number of rotatable bonds is 5. The van der Waals surface area contributed by atoms with E-state index in [9.17, 15) is 0 Å². The second-order valence-corrected chi connectivity index (χ2v) is 5.46. The van der Waals surface area contributed by atoms with Crippen molar-refractivity contribution >= 4 is 0 Å². The Bertz CT molecular complexity index is 342. The molecule has 0 spiro atoms. The van der Waals surface area contributed by atoms with Gasteiger partial charge in [0.2, 0.25) is 5.89 Å². The Kier molecular flexibility index (Phi) is 4.15. The first kappa shape index (κ1) is 12.6. The van der Waals surface area contributed by atoms with Crippen molar-refractivity contribution in [1.29, 1.82) is 0 Å². The van der Waals surface area contributed by atoms with E-state index in [1.54, 1.807) is 0 Å². The van der Waals surface area contributed by atoms with Crippen molar-refractivity contribution in [2.45, 2.75) is 52.5 Å². The van der Waals surface area contributed by atoms with Crippen LogP contribution in [0.1, 0.15) is 57.3 Å². The van der Waals surface area contributed by atoms with E-state index in [0.29, 0.717) is 11.7 Å². The molecular formula is C13H23N3O. The summed E-state index contributed by atoms with van der Waals surface area (Å²) in [6, 6.07) is 0.191. The van der Waals surface area contributed by atoms with Crippen molar-refractivity contribution in [1.82, 2.24) is 15.5 Å². The molecule has 1 aromatic heterocycles. The van der Waals surface area contributed by atoms with Gasteiger partial charge < -0.3 is 9.84 Å². The van der Waals surface area contributed by atoms with E-state index in [0.717, 1.165) is 18.4 Å². The fraction of sp³-hybridized carbons (Fsp3) is 0.846. The predicted octanol–water partition coefficient (Wildman–Crippen LogP) is 2.85. The fourth-order valence-corrected chi connectivity index (χ4v) is 2.56. The van der Waals surface area contributed by atoms with Crippen molar-refractivity contribution in [2.24, 2.45) is 11.8 Å². The number of aromatic nitrogens is 2. The first-order valence-corrected chi connectivity index (χ1v) is 6.70. The summed E-state index contributed by atoms with van der Waals surface area (Å²) in [5.74, 6) is 2.75. The van der Waals surface area contributed by atoms with Gasteiger partial charge in [0.25, 0.3) is 0 Å². The molecule has 1 aliphatic carbocycles. The Morgan fingerprint density at radius 3 is 2.59 bits per heavy atom. The number of hydrogen-bond donors (Lipinski definition) is 1. The lowest BCUT2D eigenvalue weighted by Crippen LogP contribution is -2.30. The van der Waals surface area contributed by atoms with Crippen LogP contribution in [-0.4, -0.2) is 16.7 Å². The van der Waals surface area contributed by atoms with E-state index in [4.69, 9.17) is 4.52 Å². The summed E-state index contributed by atoms with van der Waals surface area (Å²) in [4.78, 5) is 4.34. The molecule has 2 rings (SSSR count). The van der Waals surface area contributed by atoms with Gasteiger partial charge in [-0.1, -0.05) is 31.8 Å². The van der Waals surface area contributed by atoms with Gasteiger partial charge in [-0.2, -0.15) is 4.98 Å². The highest BCUT2D eigenvalue weighted by Crippen LogP contribution is 2.26. The van der Waals surface area contributed by atoms with Crippen LogP contribution >= 0.6 is 0 Å². The minimum absolute atomic E-state index is 0.191. The molecule has 0 amide bonds. The second kappa shape index (κ2) is 5.63. The van der Waals surface area contributed by atoms with Crippen LogP contribution in [0, 0.1) is 18.8 Å². The van der Waals surface area contributed by atoms with Gasteiger partial charge in [-0.3, -0.25) is 0 Å². The monoisotopic (exact) mass is 237 g/mol. The van der Waals surface area contributed by atoms with E-state index in [1.807, 2.05) is 6.92 Å². The number of hydrogen-bond acceptors (Lipinski definition) is 4. The van der Waals surface area contributed by atoms with Crippen LogP contribution in [0.2, 0.25) is 0 Å². The first-order valence-electron chi connectivity index (χ1n) is 6.70. The topological polar surface area (TPSA) is 51.0 Å². The van der Waals surface area contributed by atoms with Crippen LogP contribution in [-0.2, 0) is 0 Å². The van der Waals surface area contributed by atoms with Crippen LogP contribution in [0.25, 0.3) is 0 Å². The molecule has 1 heterocycles. The van der Waals surface area contributed by atoms with Crippen molar-refractivity contribution in [3.05, 3.63) is 11.7 Å². The normalized spacial score (nSPS) is 19.1. The second-order valence-electron chi connectivity index (χ2n) is 5.46. The molecule has 0 aromatic carbocycles. The molecule has 1 aliphatic rings. The zero-order chi connectivity index (χ0) is 12.3. The Hall–Kier alpha value is -0.900. The highest BCUT2D eigenvalue weighted by Gasteiger charge is 2.23. The van der Waals surface area contributed by atoms with Crippen LogP contribution in [0.15, 0.2) is 4.52 Å². The largest absolute Gasteiger partial charge is 0.338 e. The summed E-state index contributed by atoms with van der Waals surface area (Å²) < 4.78 is 5.28. The molecule has 1 saturated carbocycles. The standard InChI is InChI=1S/C13H23N3O/c1-9(2)12(13-15-10(3)16-17-13)14-8-11-6-4-5-7-11/h9,11-12,14H,4-8H2,1-3H3/t12-/m1/s1. The van der Waals surface area contributed by atoms with E-state index in [1.165, 1.54) is 25.7 Å². The van der Waals surface area contributed by atoms with Crippen LogP contribution in [0.4, 0.5) is 0 Å². The third-order valence-electron chi connectivity index (χ3n) is 3.58. The molecular weight excluding hydrogens is 214 g/mol. The van der Waals surface area contributed by atoms with Gasteiger partial charge in [-0.15, -0.1) is 0 Å². The van der Waals surface area contributed by atoms with E-state index < -0.39 is 0 Å². The Morgan fingerprint density at radius 1 is 1.35 bits per heavy atom. The highest BCUT2D eigenvalue weighted by atomic mass is 16.5. The first-order chi connectivity index (χ1) is 8.16. The van der Waals surface area contributed by atoms with Gasteiger partial charge in [0.15, 0.2) is 5.82 Å². The molecule has 1 fully saturated rings. The molecule has 1 aromatic rings. The minimum atomic E-state index is 0.191. The van der Waals surface area contributed by atoms with Gasteiger partial charge >= 0.3 is 0 Å². The molecule has 0 radical (unpaired) electrons. The molecule has 0 bridgehead atoms. The van der Waals surface area contributed by atoms with Crippen molar-refractivity contribution in [2.75, 3.05) is 6.54 Å². The number of nitrogens with zero attached hydrogens (tertiary/aromatic N) is 2. The summed E-state index contributed by atoms with van der Waals surface area (Å²) in [6.45, 7) is 7.31. The minimum Gasteiger partial charge on any atom is -0.338 e. The predicted molar refractivity (Wildman–Crippen MR) is 66.6 cm³/mol. The Labute approximate surface area is 103 Å². The molecule has 17 heavy (non-hydrogen) atoms. The van der Waals surface area contributed by atoms with E-state index in [-0.39, 0.29) is 6.04 Å². The maximum absolute atomic E-state index is 5.28. The molecule has 0 saturated heterocycles. The third kappa shape index (κ3) is 3.28. The summed E-state index contributed by atoms with van der Waals surface area (Å²) >= 11 is 0. The molecule has 1 atom stereocenters. The molecule has 4 heteroatoms. The maximum atomic E-state index is 5.28. The third-order valence-corrected chi connectivity index (χ3v) is 3.58. The highest BCUT2D eigenvalue weighted by molar-refractivity contribution is 4.93. The van der Waals surface area contributed by atoms with Crippen LogP contribution in [0.3, 0.4) is 0 Å². The van der Waals surface area contributed by atoms with Gasteiger partial charge in [0.1, 0.15) is 0 Å². The van der Waals surface area contributed by atoms with Gasteiger partial charge in [0.05, 0.1) is 6.04 Å². The van der Waals surface area contributed by atoms with E-state index >= 15 is 0 Å². The molecule has 0 aliphatic heterocycles. The lowest BCUT2D eigenvalue weighted by Gasteiger charge is -2.20. The number of aryl methyl sites for hydroxylation is 1. The Balaban J connectivity index is 1.92. The smallest absolute Gasteiger partial charge is 0.244 e. The molecule has 96 valence electrons. The zero-order valence-electron chi connectivity index (χ0n) is 11.1. The SMILES string of the molecule is Cc1noc([C@H](NCC2CCCC2)C(C)C)n1. The van der Waals surface area contributed by atoms with E-state index in [2.05, 4.69) is 29.3 Å².